The zero-order chi connectivity index (χ0) is 22.8. The highest BCUT2D eigenvalue weighted by molar-refractivity contribution is 6.31. The third-order valence-electron chi connectivity index (χ3n) is 5.30. The van der Waals surface area contributed by atoms with Crippen molar-refractivity contribution >= 4 is 34.4 Å². The van der Waals surface area contributed by atoms with Crippen LogP contribution < -0.4 is 15.3 Å². The first-order chi connectivity index (χ1) is 15.3. The van der Waals surface area contributed by atoms with E-state index in [4.69, 9.17) is 20.8 Å². The Bertz CT molecular complexity index is 1350. The fraction of sp³-hybridized carbons (Fsp3) is 0.120. The normalized spacial score (nSPS) is 10.9. The molecule has 0 saturated heterocycles. The number of amides is 1. The predicted molar refractivity (Wildman–Crippen MR) is 122 cm³/mol. The van der Waals surface area contributed by atoms with Crippen molar-refractivity contribution in [3.05, 3.63) is 105 Å². The Morgan fingerprint density at radius 1 is 1.06 bits per heavy atom. The standard InChI is InChI=1S/C25H19ClFNO4/c1-15-18-12-11-17(31-25(30)28(2)16-7-4-3-5-8-16)13-23(18)32-24(29)19(15)14-20-21(26)9-6-10-22(20)27/h3-13H,14H2,1-2H3. The van der Waals surface area contributed by atoms with E-state index in [2.05, 4.69) is 0 Å². The van der Waals surface area contributed by atoms with Crippen LogP contribution in [-0.4, -0.2) is 13.1 Å². The van der Waals surface area contributed by atoms with Crippen LogP contribution in [0.3, 0.4) is 0 Å². The number of fused-ring (bicyclic) bond motifs is 1. The van der Waals surface area contributed by atoms with Crippen molar-refractivity contribution < 1.29 is 18.3 Å². The van der Waals surface area contributed by atoms with Crippen LogP contribution in [0.5, 0.6) is 5.75 Å². The highest BCUT2D eigenvalue weighted by atomic mass is 35.5. The molecule has 5 nitrogen and oxygen atoms in total. The molecule has 0 aliphatic rings. The van der Waals surface area contributed by atoms with Crippen LogP contribution in [0.1, 0.15) is 16.7 Å². The Morgan fingerprint density at radius 3 is 2.53 bits per heavy atom. The number of halogens is 2. The summed E-state index contributed by atoms with van der Waals surface area (Å²) in [5.41, 5.74) is 1.55. The summed E-state index contributed by atoms with van der Waals surface area (Å²) < 4.78 is 25.1. The van der Waals surface area contributed by atoms with E-state index in [0.29, 0.717) is 22.2 Å². The lowest BCUT2D eigenvalue weighted by molar-refractivity contribution is 0.209. The molecule has 32 heavy (non-hydrogen) atoms. The van der Waals surface area contributed by atoms with E-state index in [9.17, 15) is 14.0 Å². The van der Waals surface area contributed by atoms with Gasteiger partial charge in [-0.2, -0.15) is 0 Å². The molecule has 0 bridgehead atoms. The van der Waals surface area contributed by atoms with Crippen LogP contribution in [0.4, 0.5) is 14.9 Å². The van der Waals surface area contributed by atoms with Crippen LogP contribution in [0.15, 0.2) is 75.9 Å². The quantitative estimate of drug-likeness (QED) is 0.351. The second-order valence-corrected chi connectivity index (χ2v) is 7.70. The molecule has 1 aromatic heterocycles. The molecule has 3 aromatic carbocycles. The molecule has 7 heteroatoms. The van der Waals surface area contributed by atoms with Gasteiger partial charge in [0.15, 0.2) is 0 Å². The summed E-state index contributed by atoms with van der Waals surface area (Å²) in [7, 11) is 1.60. The minimum Gasteiger partial charge on any atom is -0.422 e. The van der Waals surface area contributed by atoms with E-state index in [-0.39, 0.29) is 28.3 Å². The summed E-state index contributed by atoms with van der Waals surface area (Å²) in [6.45, 7) is 1.76. The van der Waals surface area contributed by atoms with Gasteiger partial charge in [-0.3, -0.25) is 4.90 Å². The Hall–Kier alpha value is -3.64. The van der Waals surface area contributed by atoms with E-state index in [1.165, 1.54) is 23.1 Å². The molecular formula is C25H19ClFNO4. The maximum Gasteiger partial charge on any atom is 0.419 e. The number of anilines is 1. The molecule has 0 radical (unpaired) electrons. The molecule has 0 fully saturated rings. The number of carbonyl (C=O) groups is 1. The summed E-state index contributed by atoms with van der Waals surface area (Å²) in [6.07, 6.45) is -0.575. The predicted octanol–water partition coefficient (Wildman–Crippen LogP) is 6.12. The molecule has 0 N–H and O–H groups in total. The van der Waals surface area contributed by atoms with Gasteiger partial charge >= 0.3 is 11.7 Å². The van der Waals surface area contributed by atoms with Crippen molar-refractivity contribution in [3.8, 4) is 5.75 Å². The maximum atomic E-state index is 14.2. The van der Waals surface area contributed by atoms with Gasteiger partial charge in [-0.05, 0) is 48.9 Å². The summed E-state index contributed by atoms with van der Waals surface area (Å²) in [5.74, 6) is -0.251. The SMILES string of the molecule is Cc1c(Cc2c(F)cccc2Cl)c(=O)oc2cc(OC(=O)N(C)c3ccccc3)ccc12. The Kier molecular flexibility index (Phi) is 5.97. The van der Waals surface area contributed by atoms with Gasteiger partial charge < -0.3 is 9.15 Å². The van der Waals surface area contributed by atoms with Gasteiger partial charge in [0, 0.05) is 46.8 Å². The summed E-state index contributed by atoms with van der Waals surface area (Å²) >= 11 is 6.12. The molecule has 1 heterocycles. The van der Waals surface area contributed by atoms with E-state index in [0.717, 1.165) is 0 Å². The molecule has 0 aliphatic carbocycles. The number of nitrogens with zero attached hydrogens (tertiary/aromatic N) is 1. The lowest BCUT2D eigenvalue weighted by Gasteiger charge is -2.17. The number of carbonyl (C=O) groups excluding carboxylic acids is 1. The Labute approximate surface area is 188 Å². The zero-order valence-electron chi connectivity index (χ0n) is 17.4. The van der Waals surface area contributed by atoms with Crippen LogP contribution in [-0.2, 0) is 6.42 Å². The number of hydrogen-bond donors (Lipinski definition) is 0. The Morgan fingerprint density at radius 2 is 1.81 bits per heavy atom. The van der Waals surface area contributed by atoms with Crippen molar-refractivity contribution in [1.29, 1.82) is 0 Å². The molecule has 0 atom stereocenters. The van der Waals surface area contributed by atoms with Gasteiger partial charge in [0.05, 0.1) is 0 Å². The molecule has 162 valence electrons. The number of para-hydroxylation sites is 1. The first-order valence-corrected chi connectivity index (χ1v) is 10.2. The topological polar surface area (TPSA) is 59.8 Å². The average molecular weight is 452 g/mol. The van der Waals surface area contributed by atoms with E-state index < -0.39 is 17.5 Å². The number of aryl methyl sites for hydroxylation is 1. The van der Waals surface area contributed by atoms with Gasteiger partial charge in [0.25, 0.3) is 0 Å². The smallest absolute Gasteiger partial charge is 0.419 e. The number of benzene rings is 3. The third-order valence-corrected chi connectivity index (χ3v) is 5.65. The van der Waals surface area contributed by atoms with Crippen molar-refractivity contribution in [1.82, 2.24) is 0 Å². The van der Waals surface area contributed by atoms with Gasteiger partial charge in [0.2, 0.25) is 0 Å². The van der Waals surface area contributed by atoms with Gasteiger partial charge in [0.1, 0.15) is 17.1 Å². The molecule has 4 aromatic rings. The van der Waals surface area contributed by atoms with Crippen LogP contribution >= 0.6 is 11.6 Å². The minimum absolute atomic E-state index is 0.00816. The largest absolute Gasteiger partial charge is 0.422 e. The summed E-state index contributed by atoms with van der Waals surface area (Å²) in [4.78, 5) is 26.5. The zero-order valence-corrected chi connectivity index (χ0v) is 18.2. The van der Waals surface area contributed by atoms with Crippen molar-refractivity contribution in [2.24, 2.45) is 0 Å². The first kappa shape index (κ1) is 21.6. The van der Waals surface area contributed by atoms with Crippen molar-refractivity contribution in [2.75, 3.05) is 11.9 Å². The fourth-order valence-corrected chi connectivity index (χ4v) is 3.68. The molecule has 0 aliphatic heterocycles. The van der Waals surface area contributed by atoms with Crippen LogP contribution in [0.25, 0.3) is 11.0 Å². The summed E-state index contributed by atoms with van der Waals surface area (Å²) in [5, 5.41) is 0.900. The van der Waals surface area contributed by atoms with E-state index in [1.54, 1.807) is 44.3 Å². The van der Waals surface area contributed by atoms with Gasteiger partial charge in [-0.25, -0.2) is 14.0 Å². The van der Waals surface area contributed by atoms with Gasteiger partial charge in [-0.1, -0.05) is 35.9 Å². The molecule has 0 saturated carbocycles. The van der Waals surface area contributed by atoms with Crippen molar-refractivity contribution in [2.45, 2.75) is 13.3 Å². The molecule has 4 rings (SSSR count). The Balaban J connectivity index is 1.64. The second-order valence-electron chi connectivity index (χ2n) is 7.29. The number of ether oxygens (including phenoxy) is 1. The maximum absolute atomic E-state index is 14.2. The average Bonchev–Trinajstić information content (AvgIpc) is 2.78. The van der Waals surface area contributed by atoms with E-state index >= 15 is 0 Å². The molecule has 1 amide bonds. The number of hydrogen-bond acceptors (Lipinski definition) is 4. The van der Waals surface area contributed by atoms with Gasteiger partial charge in [-0.15, -0.1) is 0 Å². The second kappa shape index (κ2) is 8.85. The fourth-order valence-electron chi connectivity index (χ4n) is 3.45. The van der Waals surface area contributed by atoms with E-state index in [1.807, 2.05) is 18.2 Å². The van der Waals surface area contributed by atoms with Crippen molar-refractivity contribution in [3.63, 3.8) is 0 Å². The number of rotatable bonds is 4. The van der Waals surface area contributed by atoms with Crippen LogP contribution in [0.2, 0.25) is 5.02 Å². The molecule has 0 spiro atoms. The first-order valence-electron chi connectivity index (χ1n) is 9.85. The monoisotopic (exact) mass is 451 g/mol. The summed E-state index contributed by atoms with van der Waals surface area (Å²) in [6, 6.07) is 18.2. The minimum atomic E-state index is -0.598. The third kappa shape index (κ3) is 4.22. The molecular weight excluding hydrogens is 433 g/mol. The molecule has 0 unspecified atom stereocenters. The highest BCUT2D eigenvalue weighted by Crippen LogP contribution is 2.28. The van der Waals surface area contributed by atoms with Crippen LogP contribution in [0, 0.1) is 12.7 Å². The lowest BCUT2D eigenvalue weighted by Crippen LogP contribution is -2.29. The highest BCUT2D eigenvalue weighted by Gasteiger charge is 2.18. The lowest BCUT2D eigenvalue weighted by atomic mass is 9.99.